The van der Waals surface area contributed by atoms with Crippen LogP contribution in [-0.4, -0.2) is 34.1 Å². The third-order valence-corrected chi connectivity index (χ3v) is 4.96. The number of rotatable bonds is 5. The van der Waals surface area contributed by atoms with Crippen LogP contribution in [0.1, 0.15) is 35.8 Å². The Bertz CT molecular complexity index is 1080. The largest absolute Gasteiger partial charge is 0.342 e. The fourth-order valence-electron chi connectivity index (χ4n) is 3.42. The van der Waals surface area contributed by atoms with Crippen LogP contribution in [0.2, 0.25) is 0 Å². The van der Waals surface area contributed by atoms with E-state index in [1.807, 2.05) is 4.68 Å². The summed E-state index contributed by atoms with van der Waals surface area (Å²) >= 11 is 0. The standard InChI is InChI=1S/C20H21N7/c1-14-5-6-15(2)18(10-14)27-20(17-4-3-9-26(17)16-7-8-16)23-19(24-27)11-25-13-21-12-22-25/h3-6,9-10,12-13,16H,7-8,11H2,1-2H3. The molecule has 0 aliphatic heterocycles. The average Bonchev–Trinajstić information content (AvgIpc) is 3.06. The van der Waals surface area contributed by atoms with Crippen molar-refractivity contribution in [1.82, 2.24) is 34.1 Å². The summed E-state index contributed by atoms with van der Waals surface area (Å²) in [5, 5.41) is 9.02. The number of nitrogens with zero attached hydrogens (tertiary/aromatic N) is 7. The van der Waals surface area contributed by atoms with E-state index < -0.39 is 0 Å². The third-order valence-electron chi connectivity index (χ3n) is 4.96. The normalized spacial score (nSPS) is 14.0. The van der Waals surface area contributed by atoms with Gasteiger partial charge in [-0.05, 0) is 56.0 Å². The van der Waals surface area contributed by atoms with Crippen LogP contribution in [0.25, 0.3) is 17.2 Å². The summed E-state index contributed by atoms with van der Waals surface area (Å²) < 4.78 is 6.04. The molecule has 7 nitrogen and oxygen atoms in total. The van der Waals surface area contributed by atoms with Gasteiger partial charge in [-0.15, -0.1) is 5.10 Å². The molecule has 136 valence electrons. The number of aryl methyl sites for hydroxylation is 2. The SMILES string of the molecule is Cc1ccc(C)c(-n2nc(Cn3cncn3)nc2-c2cccn2C2CC2)c1. The Morgan fingerprint density at radius 3 is 2.81 bits per heavy atom. The lowest BCUT2D eigenvalue weighted by atomic mass is 10.1. The van der Waals surface area contributed by atoms with Gasteiger partial charge in [0.05, 0.1) is 11.4 Å². The molecule has 0 atom stereocenters. The molecule has 0 spiro atoms. The molecule has 5 rings (SSSR count). The zero-order chi connectivity index (χ0) is 18.4. The van der Waals surface area contributed by atoms with E-state index in [0.29, 0.717) is 12.6 Å². The smallest absolute Gasteiger partial charge is 0.179 e. The Morgan fingerprint density at radius 1 is 1.15 bits per heavy atom. The average molecular weight is 359 g/mol. The molecule has 0 N–H and O–H groups in total. The highest BCUT2D eigenvalue weighted by Crippen LogP contribution is 2.38. The first-order valence-corrected chi connectivity index (χ1v) is 9.22. The number of hydrogen-bond acceptors (Lipinski definition) is 4. The predicted octanol–water partition coefficient (Wildman–Crippen LogP) is 3.33. The van der Waals surface area contributed by atoms with Crippen LogP contribution < -0.4 is 0 Å². The maximum atomic E-state index is 4.89. The van der Waals surface area contributed by atoms with Crippen LogP contribution in [0.3, 0.4) is 0 Å². The summed E-state index contributed by atoms with van der Waals surface area (Å²) in [5.41, 5.74) is 4.54. The first-order valence-electron chi connectivity index (χ1n) is 9.22. The van der Waals surface area contributed by atoms with Gasteiger partial charge < -0.3 is 4.57 Å². The molecule has 0 bridgehead atoms. The molecule has 4 aromatic rings. The van der Waals surface area contributed by atoms with Crippen molar-refractivity contribution in [3.05, 3.63) is 66.1 Å². The minimum Gasteiger partial charge on any atom is -0.342 e. The van der Waals surface area contributed by atoms with Crippen molar-refractivity contribution >= 4 is 0 Å². The second-order valence-corrected chi connectivity index (χ2v) is 7.18. The third kappa shape index (κ3) is 2.95. The molecule has 1 aromatic carbocycles. The van der Waals surface area contributed by atoms with Gasteiger partial charge in [-0.2, -0.15) is 5.10 Å². The lowest BCUT2D eigenvalue weighted by molar-refractivity contribution is 0.650. The number of hydrogen-bond donors (Lipinski definition) is 0. The molecule has 1 saturated carbocycles. The Labute approximate surface area is 157 Å². The molecule has 0 unspecified atom stereocenters. The summed E-state index contributed by atoms with van der Waals surface area (Å²) in [6.45, 7) is 4.70. The summed E-state index contributed by atoms with van der Waals surface area (Å²) in [4.78, 5) is 8.90. The second kappa shape index (κ2) is 6.19. The first kappa shape index (κ1) is 16.0. The Morgan fingerprint density at radius 2 is 2.04 bits per heavy atom. The van der Waals surface area contributed by atoms with E-state index in [4.69, 9.17) is 10.1 Å². The van der Waals surface area contributed by atoms with Gasteiger partial charge in [0, 0.05) is 12.2 Å². The van der Waals surface area contributed by atoms with Gasteiger partial charge in [0.1, 0.15) is 19.2 Å². The monoisotopic (exact) mass is 359 g/mol. The van der Waals surface area contributed by atoms with Crippen molar-refractivity contribution in [3.63, 3.8) is 0 Å². The molecule has 3 aromatic heterocycles. The van der Waals surface area contributed by atoms with Crippen molar-refractivity contribution in [2.45, 2.75) is 39.3 Å². The summed E-state index contributed by atoms with van der Waals surface area (Å²) in [6, 6.07) is 11.2. The number of benzene rings is 1. The molecule has 0 saturated heterocycles. The van der Waals surface area contributed by atoms with Crippen LogP contribution in [0.15, 0.2) is 49.2 Å². The Balaban J connectivity index is 1.66. The molecular weight excluding hydrogens is 338 g/mol. The Hall–Kier alpha value is -3.22. The van der Waals surface area contributed by atoms with E-state index in [1.165, 1.54) is 30.3 Å². The van der Waals surface area contributed by atoms with Crippen LogP contribution in [0, 0.1) is 13.8 Å². The molecule has 3 heterocycles. The second-order valence-electron chi connectivity index (χ2n) is 7.18. The van der Waals surface area contributed by atoms with Gasteiger partial charge in [-0.3, -0.25) is 0 Å². The minimum absolute atomic E-state index is 0.495. The zero-order valence-corrected chi connectivity index (χ0v) is 15.4. The van der Waals surface area contributed by atoms with Crippen LogP contribution in [0.5, 0.6) is 0 Å². The minimum atomic E-state index is 0.495. The van der Waals surface area contributed by atoms with E-state index in [0.717, 1.165) is 23.0 Å². The highest BCUT2D eigenvalue weighted by molar-refractivity contribution is 5.57. The number of aromatic nitrogens is 7. The topological polar surface area (TPSA) is 66.3 Å². The fourth-order valence-corrected chi connectivity index (χ4v) is 3.42. The van der Waals surface area contributed by atoms with Gasteiger partial charge in [0.25, 0.3) is 0 Å². The van der Waals surface area contributed by atoms with E-state index in [1.54, 1.807) is 11.0 Å². The molecule has 1 aliphatic carbocycles. The molecule has 1 aliphatic rings. The van der Waals surface area contributed by atoms with Gasteiger partial charge >= 0.3 is 0 Å². The van der Waals surface area contributed by atoms with Crippen molar-refractivity contribution in [2.75, 3.05) is 0 Å². The van der Waals surface area contributed by atoms with Crippen molar-refractivity contribution in [2.24, 2.45) is 0 Å². The molecule has 7 heteroatoms. The predicted molar refractivity (Wildman–Crippen MR) is 102 cm³/mol. The van der Waals surface area contributed by atoms with Crippen LogP contribution in [0.4, 0.5) is 0 Å². The molecule has 0 radical (unpaired) electrons. The molecular formula is C20H21N7. The van der Waals surface area contributed by atoms with Crippen molar-refractivity contribution in [1.29, 1.82) is 0 Å². The van der Waals surface area contributed by atoms with Crippen molar-refractivity contribution < 1.29 is 0 Å². The van der Waals surface area contributed by atoms with E-state index in [9.17, 15) is 0 Å². The van der Waals surface area contributed by atoms with E-state index in [-0.39, 0.29) is 0 Å². The van der Waals surface area contributed by atoms with E-state index >= 15 is 0 Å². The summed E-state index contributed by atoms with van der Waals surface area (Å²) in [7, 11) is 0. The lowest BCUT2D eigenvalue weighted by Crippen LogP contribution is -2.06. The van der Waals surface area contributed by atoms with Gasteiger partial charge in [0.2, 0.25) is 0 Å². The van der Waals surface area contributed by atoms with Crippen molar-refractivity contribution in [3.8, 4) is 17.2 Å². The van der Waals surface area contributed by atoms with Gasteiger partial charge in [0.15, 0.2) is 11.6 Å². The van der Waals surface area contributed by atoms with Crippen LogP contribution in [-0.2, 0) is 6.54 Å². The molecule has 1 fully saturated rings. The highest BCUT2D eigenvalue weighted by atomic mass is 15.4. The zero-order valence-electron chi connectivity index (χ0n) is 15.4. The van der Waals surface area contributed by atoms with Gasteiger partial charge in [-0.1, -0.05) is 12.1 Å². The van der Waals surface area contributed by atoms with Gasteiger partial charge in [-0.25, -0.2) is 19.3 Å². The molecule has 27 heavy (non-hydrogen) atoms. The van der Waals surface area contributed by atoms with Crippen LogP contribution >= 0.6 is 0 Å². The maximum Gasteiger partial charge on any atom is 0.179 e. The van der Waals surface area contributed by atoms with E-state index in [2.05, 4.69) is 65.0 Å². The fraction of sp³-hybridized carbons (Fsp3) is 0.300. The molecule has 0 amide bonds. The Kier molecular flexibility index (Phi) is 3.67. The first-order chi connectivity index (χ1) is 13.2. The quantitative estimate of drug-likeness (QED) is 0.548. The summed E-state index contributed by atoms with van der Waals surface area (Å²) in [6.07, 6.45) is 7.81. The summed E-state index contributed by atoms with van der Waals surface area (Å²) in [5.74, 6) is 1.59. The maximum absolute atomic E-state index is 4.89. The highest BCUT2D eigenvalue weighted by Gasteiger charge is 2.27. The lowest BCUT2D eigenvalue weighted by Gasteiger charge is -2.12.